The predicted octanol–water partition coefficient (Wildman–Crippen LogP) is 2.77. The van der Waals surface area contributed by atoms with Crippen LogP contribution in [0.4, 0.5) is 4.39 Å². The summed E-state index contributed by atoms with van der Waals surface area (Å²) in [5.41, 5.74) is 1.83. The summed E-state index contributed by atoms with van der Waals surface area (Å²) in [5.74, 6) is 0.628. The fourth-order valence-electron chi connectivity index (χ4n) is 3.83. The van der Waals surface area contributed by atoms with Crippen LogP contribution in [0.5, 0.6) is 11.5 Å². The second-order valence-corrected chi connectivity index (χ2v) is 7.92. The van der Waals surface area contributed by atoms with Gasteiger partial charge in [0.1, 0.15) is 17.2 Å². The van der Waals surface area contributed by atoms with Gasteiger partial charge in [-0.15, -0.1) is 11.8 Å². The minimum Gasteiger partial charge on any atom is -0.493 e. The first kappa shape index (κ1) is 19.6. The van der Waals surface area contributed by atoms with Crippen LogP contribution < -0.4 is 14.8 Å². The second kappa shape index (κ2) is 7.94. The first-order valence-electron chi connectivity index (χ1n) is 9.27. The van der Waals surface area contributed by atoms with E-state index in [1.165, 1.54) is 20.3 Å². The lowest BCUT2D eigenvalue weighted by Gasteiger charge is -2.22. The van der Waals surface area contributed by atoms with E-state index in [0.29, 0.717) is 41.3 Å². The van der Waals surface area contributed by atoms with Gasteiger partial charge >= 0.3 is 0 Å². The summed E-state index contributed by atoms with van der Waals surface area (Å²) >= 11 is 1.55. The molecular formula is C21H21FN2O4S. The number of carbonyl (C=O) groups is 2. The van der Waals surface area contributed by atoms with E-state index in [9.17, 15) is 14.0 Å². The average molecular weight is 416 g/mol. The Labute approximate surface area is 172 Å². The monoisotopic (exact) mass is 416 g/mol. The summed E-state index contributed by atoms with van der Waals surface area (Å²) in [5, 5.41) is 2.62. The van der Waals surface area contributed by atoms with Crippen LogP contribution in [0.3, 0.4) is 0 Å². The van der Waals surface area contributed by atoms with E-state index in [1.807, 2.05) is 6.07 Å². The van der Waals surface area contributed by atoms with E-state index < -0.39 is 6.04 Å². The van der Waals surface area contributed by atoms with E-state index in [2.05, 4.69) is 5.32 Å². The highest BCUT2D eigenvalue weighted by Crippen LogP contribution is 2.52. The average Bonchev–Trinajstić information content (AvgIpc) is 3.28. The zero-order chi connectivity index (χ0) is 20.5. The number of rotatable bonds is 6. The van der Waals surface area contributed by atoms with Gasteiger partial charge in [-0.05, 0) is 24.1 Å². The summed E-state index contributed by atoms with van der Waals surface area (Å²) in [7, 11) is 3.01. The Bertz CT molecular complexity index is 968. The van der Waals surface area contributed by atoms with E-state index in [-0.39, 0.29) is 23.0 Å². The van der Waals surface area contributed by atoms with E-state index in [0.717, 1.165) is 5.56 Å². The molecule has 2 aliphatic heterocycles. The molecule has 0 bridgehead atoms. The lowest BCUT2D eigenvalue weighted by Crippen LogP contribution is -2.46. The summed E-state index contributed by atoms with van der Waals surface area (Å²) < 4.78 is 24.5. The number of methoxy groups -OCH3 is 2. The van der Waals surface area contributed by atoms with Gasteiger partial charge in [0.25, 0.3) is 5.91 Å². The molecule has 1 fully saturated rings. The number of carbonyl (C=O) groups excluding carboxylic acids is 2. The first-order chi connectivity index (χ1) is 14.1. The van der Waals surface area contributed by atoms with Crippen LogP contribution in [-0.2, 0) is 11.2 Å². The van der Waals surface area contributed by atoms with Crippen molar-refractivity contribution < 1.29 is 23.5 Å². The van der Waals surface area contributed by atoms with E-state index in [1.54, 1.807) is 40.9 Å². The topological polar surface area (TPSA) is 67.9 Å². The third kappa shape index (κ3) is 3.31. The molecule has 2 aromatic rings. The van der Waals surface area contributed by atoms with Crippen molar-refractivity contribution in [2.24, 2.45) is 0 Å². The molecular weight excluding hydrogens is 395 g/mol. The lowest BCUT2D eigenvalue weighted by molar-refractivity contribution is -0.124. The zero-order valence-electron chi connectivity index (χ0n) is 16.1. The van der Waals surface area contributed by atoms with Gasteiger partial charge in [-0.2, -0.15) is 0 Å². The summed E-state index contributed by atoms with van der Waals surface area (Å²) in [6.07, 6.45) is 0.390. The quantitative estimate of drug-likeness (QED) is 0.784. The molecule has 0 aliphatic carbocycles. The second-order valence-electron chi connectivity index (χ2n) is 6.81. The fourth-order valence-corrected chi connectivity index (χ4v) is 5.29. The van der Waals surface area contributed by atoms with Gasteiger partial charge in [0.15, 0.2) is 11.5 Å². The van der Waals surface area contributed by atoms with Crippen molar-refractivity contribution >= 4 is 23.6 Å². The minimum absolute atomic E-state index is 0.223. The number of benzene rings is 2. The van der Waals surface area contributed by atoms with Crippen molar-refractivity contribution in [2.75, 3.05) is 26.5 Å². The molecule has 6 nitrogen and oxygen atoms in total. The van der Waals surface area contributed by atoms with Crippen molar-refractivity contribution in [3.8, 4) is 11.5 Å². The van der Waals surface area contributed by atoms with Gasteiger partial charge in [0.2, 0.25) is 5.91 Å². The standard InChI is InChI=1S/C21H21FN2O4S/c1-27-16-8-7-13-17(18(16)28-2)20(26)24-15(11-29-21(13)24)19(25)23-10-9-12-5-3-4-6-14(12)22/h3-8,15,21H,9-11H2,1-2H3,(H,23,25)/t15-,21-/m1/s1. The molecule has 2 aliphatic rings. The number of nitrogens with one attached hydrogen (secondary N) is 1. The number of hydrogen-bond acceptors (Lipinski definition) is 5. The number of amides is 2. The van der Waals surface area contributed by atoms with Gasteiger partial charge in [-0.25, -0.2) is 4.39 Å². The third-order valence-corrected chi connectivity index (χ3v) is 6.55. The maximum atomic E-state index is 13.7. The van der Waals surface area contributed by atoms with Gasteiger partial charge in [-0.3, -0.25) is 9.59 Å². The van der Waals surface area contributed by atoms with E-state index in [4.69, 9.17) is 9.47 Å². The summed E-state index contributed by atoms with van der Waals surface area (Å²) in [4.78, 5) is 27.5. The molecule has 0 unspecified atom stereocenters. The highest BCUT2D eigenvalue weighted by molar-refractivity contribution is 7.99. The minimum atomic E-state index is -0.582. The molecule has 1 N–H and O–H groups in total. The van der Waals surface area contributed by atoms with Gasteiger partial charge < -0.3 is 19.7 Å². The van der Waals surface area contributed by atoms with Crippen LogP contribution in [0.15, 0.2) is 36.4 Å². The number of halogens is 1. The fraction of sp³-hybridized carbons (Fsp3) is 0.333. The summed E-state index contributed by atoms with van der Waals surface area (Å²) in [6.45, 7) is 0.303. The largest absolute Gasteiger partial charge is 0.493 e. The molecule has 0 saturated carbocycles. The lowest BCUT2D eigenvalue weighted by atomic mass is 10.1. The number of fused-ring (bicyclic) bond motifs is 3. The maximum absolute atomic E-state index is 13.7. The van der Waals surface area contributed by atoms with Gasteiger partial charge in [-0.1, -0.05) is 24.3 Å². The smallest absolute Gasteiger partial charge is 0.260 e. The van der Waals surface area contributed by atoms with Crippen molar-refractivity contribution in [1.82, 2.24) is 10.2 Å². The molecule has 4 rings (SSSR count). The number of hydrogen-bond donors (Lipinski definition) is 1. The molecule has 2 atom stereocenters. The Morgan fingerprint density at radius 1 is 1.24 bits per heavy atom. The van der Waals surface area contributed by atoms with E-state index >= 15 is 0 Å². The molecule has 0 radical (unpaired) electrons. The Morgan fingerprint density at radius 2 is 2.03 bits per heavy atom. The molecule has 152 valence electrons. The molecule has 0 spiro atoms. The molecule has 2 aromatic carbocycles. The predicted molar refractivity (Wildman–Crippen MR) is 108 cm³/mol. The molecule has 2 heterocycles. The SMILES string of the molecule is COc1ccc2c(c1OC)C(=O)N1[C@@H](C(=O)NCCc3ccccc3F)CS[C@H]21. The molecule has 29 heavy (non-hydrogen) atoms. The highest BCUT2D eigenvalue weighted by atomic mass is 32.2. The Morgan fingerprint density at radius 3 is 2.76 bits per heavy atom. The zero-order valence-corrected chi connectivity index (χ0v) is 16.9. The summed E-state index contributed by atoms with van der Waals surface area (Å²) in [6, 6.07) is 9.54. The Hall–Kier alpha value is -2.74. The van der Waals surface area contributed by atoms with Crippen molar-refractivity contribution in [2.45, 2.75) is 17.8 Å². The van der Waals surface area contributed by atoms with Crippen LogP contribution in [0, 0.1) is 5.82 Å². The Balaban J connectivity index is 1.48. The van der Waals surface area contributed by atoms with Crippen LogP contribution in [0.2, 0.25) is 0 Å². The number of nitrogens with zero attached hydrogens (tertiary/aromatic N) is 1. The molecule has 8 heteroatoms. The van der Waals surface area contributed by atoms with Crippen molar-refractivity contribution in [3.05, 3.63) is 58.9 Å². The van der Waals surface area contributed by atoms with Crippen LogP contribution in [-0.4, -0.2) is 49.3 Å². The number of thioether (sulfide) groups is 1. The van der Waals surface area contributed by atoms with Gasteiger partial charge in [0, 0.05) is 17.9 Å². The van der Waals surface area contributed by atoms with Crippen molar-refractivity contribution in [1.29, 1.82) is 0 Å². The van der Waals surface area contributed by atoms with Gasteiger partial charge in [0.05, 0.1) is 19.8 Å². The molecule has 1 saturated heterocycles. The van der Waals surface area contributed by atoms with Crippen LogP contribution in [0.25, 0.3) is 0 Å². The Kier molecular flexibility index (Phi) is 5.36. The van der Waals surface area contributed by atoms with Crippen LogP contribution >= 0.6 is 11.8 Å². The van der Waals surface area contributed by atoms with Crippen molar-refractivity contribution in [3.63, 3.8) is 0 Å². The number of ether oxygens (including phenoxy) is 2. The maximum Gasteiger partial charge on any atom is 0.260 e. The van der Waals surface area contributed by atoms with Crippen LogP contribution in [0.1, 0.15) is 26.9 Å². The highest BCUT2D eigenvalue weighted by Gasteiger charge is 2.50. The molecule has 0 aromatic heterocycles. The normalized spacial score (nSPS) is 19.7. The molecule has 2 amide bonds. The third-order valence-electron chi connectivity index (χ3n) is 5.25. The first-order valence-corrected chi connectivity index (χ1v) is 10.3.